The average molecular weight is 571 g/mol. The lowest BCUT2D eigenvalue weighted by Gasteiger charge is -2.45. The fourth-order valence-electron chi connectivity index (χ4n) is 5.03. The number of thioether (sulfide) groups is 1. The van der Waals surface area contributed by atoms with E-state index in [-0.39, 0.29) is 11.3 Å². The van der Waals surface area contributed by atoms with Gasteiger partial charge in [-0.2, -0.15) is 11.8 Å². The van der Waals surface area contributed by atoms with Gasteiger partial charge in [-0.25, -0.2) is 0 Å². The molecule has 0 radical (unpaired) electrons. The summed E-state index contributed by atoms with van der Waals surface area (Å²) in [4.78, 5) is 28.9. The number of rotatable bonds is 7. The summed E-state index contributed by atoms with van der Waals surface area (Å²) < 4.78 is 17.5. The number of allylic oxidation sites excluding steroid dienone is 1. The Morgan fingerprint density at radius 1 is 1.23 bits per heavy atom. The van der Waals surface area contributed by atoms with Crippen molar-refractivity contribution in [2.75, 3.05) is 25.2 Å². The van der Waals surface area contributed by atoms with Crippen LogP contribution in [-0.4, -0.2) is 83.2 Å². The smallest absolute Gasteiger partial charge is 0.252 e. The molecular formula is C31H42N2O6S. The van der Waals surface area contributed by atoms with E-state index in [9.17, 15) is 14.7 Å². The van der Waals surface area contributed by atoms with E-state index < -0.39 is 42.2 Å². The summed E-state index contributed by atoms with van der Waals surface area (Å²) in [6.45, 7) is 10.7. The molecule has 0 spiro atoms. The highest BCUT2D eigenvalue weighted by atomic mass is 32.2. The van der Waals surface area contributed by atoms with Crippen LogP contribution in [0, 0.1) is 5.41 Å². The molecule has 4 rings (SSSR count). The summed E-state index contributed by atoms with van der Waals surface area (Å²) in [5.41, 5.74) is 0.920. The largest absolute Gasteiger partial charge is 0.387 e. The molecule has 0 aromatic heterocycles. The summed E-state index contributed by atoms with van der Waals surface area (Å²) in [7, 11) is 1.40. The first kappa shape index (κ1) is 30.5. The van der Waals surface area contributed by atoms with E-state index in [0.717, 1.165) is 22.1 Å². The van der Waals surface area contributed by atoms with Gasteiger partial charge in [-0.1, -0.05) is 69.3 Å². The van der Waals surface area contributed by atoms with Gasteiger partial charge < -0.3 is 29.5 Å². The van der Waals surface area contributed by atoms with Crippen molar-refractivity contribution in [1.82, 2.24) is 10.2 Å². The molecule has 0 bridgehead atoms. The molecule has 0 saturated carbocycles. The highest BCUT2D eigenvalue weighted by Gasteiger charge is 2.48. The number of amides is 2. The minimum absolute atomic E-state index is 0.116. The number of nitrogens with zero attached hydrogens (tertiary/aromatic N) is 1. The van der Waals surface area contributed by atoms with Crippen LogP contribution in [0.4, 0.5) is 0 Å². The number of aliphatic hydroxyl groups is 1. The summed E-state index contributed by atoms with van der Waals surface area (Å²) in [6, 6.07) is 13.6. The third-order valence-corrected chi connectivity index (χ3v) is 8.05. The molecule has 2 saturated heterocycles. The molecule has 2 N–H and O–H groups in total. The zero-order chi connectivity index (χ0) is 29.1. The molecule has 2 aromatic rings. The Balaban J connectivity index is 1.47. The minimum Gasteiger partial charge on any atom is -0.387 e. The fraction of sp³-hybridized carbons (Fsp3) is 0.548. The number of hydrogen-bond donors (Lipinski definition) is 2. The Hall–Kier alpha value is -2.43. The van der Waals surface area contributed by atoms with Gasteiger partial charge in [0, 0.05) is 31.7 Å². The number of ether oxygens (including phenoxy) is 3. The predicted molar refractivity (Wildman–Crippen MR) is 158 cm³/mol. The van der Waals surface area contributed by atoms with Crippen molar-refractivity contribution < 1.29 is 28.9 Å². The third-order valence-electron chi connectivity index (χ3n) is 7.01. The lowest BCUT2D eigenvalue weighted by atomic mass is 9.93. The zero-order valence-electron chi connectivity index (χ0n) is 24.3. The van der Waals surface area contributed by atoms with Gasteiger partial charge in [0.2, 0.25) is 5.91 Å². The quantitative estimate of drug-likeness (QED) is 0.488. The SMILES string of the molecule is CO[C@@H](C(=O)NC1CSCCN(Cc2ccc3ccccc3c2)C1=O)[C@@H]1OC(C)(C)O[C@H](/C=C/C(C)(C)C)[C@@H]1O. The van der Waals surface area contributed by atoms with Crippen LogP contribution < -0.4 is 5.32 Å². The van der Waals surface area contributed by atoms with Crippen LogP contribution in [0.15, 0.2) is 54.6 Å². The second-order valence-corrected chi connectivity index (χ2v) is 13.2. The number of aliphatic hydroxyl groups excluding tert-OH is 1. The zero-order valence-corrected chi connectivity index (χ0v) is 25.1. The molecule has 2 amide bonds. The number of methoxy groups -OCH3 is 1. The molecule has 2 aliphatic heterocycles. The topological polar surface area (TPSA) is 97.3 Å². The van der Waals surface area contributed by atoms with Gasteiger partial charge in [-0.15, -0.1) is 0 Å². The predicted octanol–water partition coefficient (Wildman–Crippen LogP) is 3.90. The molecule has 0 aliphatic carbocycles. The Morgan fingerprint density at radius 2 is 1.95 bits per heavy atom. The van der Waals surface area contributed by atoms with Crippen molar-refractivity contribution in [2.45, 2.75) is 77.4 Å². The second kappa shape index (κ2) is 12.6. The number of fused-ring (bicyclic) bond motifs is 1. The summed E-state index contributed by atoms with van der Waals surface area (Å²) in [5.74, 6) is -0.472. The lowest BCUT2D eigenvalue weighted by molar-refractivity contribution is -0.334. The average Bonchev–Trinajstić information content (AvgIpc) is 3.05. The molecule has 2 aliphatic rings. The highest BCUT2D eigenvalue weighted by Crippen LogP contribution is 2.31. The van der Waals surface area contributed by atoms with Crippen LogP contribution in [0.2, 0.25) is 0 Å². The molecule has 2 heterocycles. The van der Waals surface area contributed by atoms with E-state index >= 15 is 0 Å². The Bertz CT molecular complexity index is 1230. The van der Waals surface area contributed by atoms with E-state index in [1.54, 1.807) is 30.5 Å². The molecule has 40 heavy (non-hydrogen) atoms. The van der Waals surface area contributed by atoms with E-state index in [4.69, 9.17) is 14.2 Å². The summed E-state index contributed by atoms with van der Waals surface area (Å²) in [6.07, 6.45) is -0.198. The molecule has 2 fully saturated rings. The molecular weight excluding hydrogens is 528 g/mol. The first-order valence-corrected chi connectivity index (χ1v) is 14.9. The first-order chi connectivity index (χ1) is 18.9. The summed E-state index contributed by atoms with van der Waals surface area (Å²) in [5, 5.41) is 16.3. The maximum absolute atomic E-state index is 13.6. The fourth-order valence-corrected chi connectivity index (χ4v) is 6.00. The third kappa shape index (κ3) is 7.64. The van der Waals surface area contributed by atoms with E-state index in [1.165, 1.54) is 7.11 Å². The van der Waals surface area contributed by atoms with E-state index in [0.29, 0.717) is 18.8 Å². The first-order valence-electron chi connectivity index (χ1n) is 13.8. The molecule has 1 unspecified atom stereocenters. The Labute approximate surface area is 241 Å². The Morgan fingerprint density at radius 3 is 2.65 bits per heavy atom. The van der Waals surface area contributed by atoms with Crippen molar-refractivity contribution in [3.8, 4) is 0 Å². The minimum atomic E-state index is -1.15. The van der Waals surface area contributed by atoms with Crippen molar-refractivity contribution in [3.05, 3.63) is 60.2 Å². The number of hydrogen-bond acceptors (Lipinski definition) is 7. The van der Waals surface area contributed by atoms with Crippen molar-refractivity contribution in [1.29, 1.82) is 0 Å². The molecule has 2 aromatic carbocycles. The van der Waals surface area contributed by atoms with Gasteiger partial charge in [0.25, 0.3) is 5.91 Å². The van der Waals surface area contributed by atoms with E-state index in [1.807, 2.05) is 51.1 Å². The van der Waals surface area contributed by atoms with Gasteiger partial charge in [0.05, 0.1) is 0 Å². The molecule has 5 atom stereocenters. The van der Waals surface area contributed by atoms with E-state index in [2.05, 4.69) is 29.6 Å². The Kier molecular flexibility index (Phi) is 9.62. The van der Waals surface area contributed by atoms with Crippen molar-refractivity contribution in [2.24, 2.45) is 5.41 Å². The molecule has 8 nitrogen and oxygen atoms in total. The van der Waals surface area contributed by atoms with Crippen LogP contribution >= 0.6 is 11.8 Å². The second-order valence-electron chi connectivity index (χ2n) is 12.0. The van der Waals surface area contributed by atoms with Crippen LogP contribution in [0.1, 0.15) is 40.2 Å². The van der Waals surface area contributed by atoms with Crippen LogP contribution in [0.5, 0.6) is 0 Å². The van der Waals surface area contributed by atoms with Gasteiger partial charge in [0.15, 0.2) is 11.9 Å². The molecule has 9 heteroatoms. The number of carbonyl (C=O) groups is 2. The lowest BCUT2D eigenvalue weighted by Crippen LogP contribution is -2.62. The van der Waals surface area contributed by atoms with Gasteiger partial charge in [0.1, 0.15) is 24.4 Å². The normalized spacial score (nSPS) is 26.6. The number of nitrogens with one attached hydrogen (secondary N) is 1. The van der Waals surface area contributed by atoms with Crippen LogP contribution in [0.25, 0.3) is 10.8 Å². The van der Waals surface area contributed by atoms with Gasteiger partial charge >= 0.3 is 0 Å². The van der Waals surface area contributed by atoms with Gasteiger partial charge in [-0.05, 0) is 41.7 Å². The van der Waals surface area contributed by atoms with Crippen LogP contribution in [0.3, 0.4) is 0 Å². The van der Waals surface area contributed by atoms with Gasteiger partial charge in [-0.3, -0.25) is 9.59 Å². The number of benzene rings is 2. The molecule has 218 valence electrons. The standard InChI is InChI=1S/C31H42N2O6S/c1-30(2,3)14-13-24-25(34)26(39-31(4,5)38-24)27(37-6)28(35)32-23-19-40-16-15-33(29(23)36)18-20-11-12-21-9-7-8-10-22(21)17-20/h7-14,17,23-27,34H,15-16,18-19H2,1-6H3,(H,32,35)/b14-13+/t23?,24-,25+,26-,27-/m1/s1. The maximum Gasteiger partial charge on any atom is 0.252 e. The summed E-state index contributed by atoms with van der Waals surface area (Å²) >= 11 is 1.62. The van der Waals surface area contributed by atoms with Crippen molar-refractivity contribution >= 4 is 34.3 Å². The van der Waals surface area contributed by atoms with Crippen molar-refractivity contribution in [3.63, 3.8) is 0 Å². The maximum atomic E-state index is 13.6. The number of carbonyl (C=O) groups excluding carboxylic acids is 2. The highest BCUT2D eigenvalue weighted by molar-refractivity contribution is 7.99. The monoisotopic (exact) mass is 570 g/mol. The van der Waals surface area contributed by atoms with Crippen LogP contribution in [-0.2, 0) is 30.3 Å².